The first-order valence-corrected chi connectivity index (χ1v) is 9.15. The third-order valence-corrected chi connectivity index (χ3v) is 4.96. The molecule has 0 aliphatic carbocycles. The predicted octanol–water partition coefficient (Wildman–Crippen LogP) is 4.89. The van der Waals surface area contributed by atoms with E-state index in [0.29, 0.717) is 17.2 Å². The van der Waals surface area contributed by atoms with E-state index >= 15 is 0 Å². The lowest BCUT2D eigenvalue weighted by Gasteiger charge is -2.33. The van der Waals surface area contributed by atoms with Crippen LogP contribution < -0.4 is 9.64 Å². The number of hydrogen-bond donors (Lipinski definition) is 1. The average Bonchev–Trinajstić information content (AvgIpc) is 3.24. The molecule has 1 saturated heterocycles. The molecule has 3 aromatic rings. The van der Waals surface area contributed by atoms with Gasteiger partial charge in [0.2, 0.25) is 0 Å². The van der Waals surface area contributed by atoms with Gasteiger partial charge in [-0.1, -0.05) is 0 Å². The summed E-state index contributed by atoms with van der Waals surface area (Å²) >= 11 is 0. The van der Waals surface area contributed by atoms with Crippen LogP contribution >= 0.6 is 0 Å². The Kier molecular flexibility index (Phi) is 5.12. The number of imidazole rings is 1. The Labute approximate surface area is 164 Å². The lowest BCUT2D eigenvalue weighted by molar-refractivity contribution is -0.275. The van der Waals surface area contributed by atoms with Crippen LogP contribution in [0.5, 0.6) is 5.75 Å². The van der Waals surface area contributed by atoms with Crippen LogP contribution in [0.1, 0.15) is 24.6 Å². The van der Waals surface area contributed by atoms with Gasteiger partial charge in [-0.15, -0.1) is 13.2 Å². The molecule has 0 atom stereocenters. The Morgan fingerprint density at radius 2 is 1.83 bits per heavy atom. The Bertz CT molecular complexity index is 967. The fourth-order valence-electron chi connectivity index (χ4n) is 3.55. The standard InChI is InChI=1S/C20H18F4N4O/c21-16-11-14(1-2-18(16)29-20(22,23)24)17-12-15(3-6-25-17)28-9-4-13(5-10-28)19-26-7-8-27-19/h1-3,6-8,11-13H,4-5,9-10H2,(H,26,27). The van der Waals surface area contributed by atoms with Gasteiger partial charge in [-0.25, -0.2) is 9.37 Å². The van der Waals surface area contributed by atoms with Crippen molar-refractivity contribution in [1.82, 2.24) is 15.0 Å². The highest BCUT2D eigenvalue weighted by Crippen LogP contribution is 2.32. The number of H-pyrrole nitrogens is 1. The van der Waals surface area contributed by atoms with Gasteiger partial charge < -0.3 is 14.6 Å². The zero-order valence-corrected chi connectivity index (χ0v) is 15.3. The van der Waals surface area contributed by atoms with Crippen LogP contribution in [0.2, 0.25) is 0 Å². The predicted molar refractivity (Wildman–Crippen MR) is 99.1 cm³/mol. The van der Waals surface area contributed by atoms with E-state index in [1.54, 1.807) is 12.4 Å². The van der Waals surface area contributed by atoms with E-state index in [9.17, 15) is 17.6 Å². The number of alkyl halides is 3. The Hall–Kier alpha value is -3.10. The van der Waals surface area contributed by atoms with Crippen LogP contribution in [0.25, 0.3) is 11.3 Å². The summed E-state index contributed by atoms with van der Waals surface area (Å²) in [5.74, 6) is -0.571. The highest BCUT2D eigenvalue weighted by Gasteiger charge is 2.32. The number of nitrogens with zero attached hydrogens (tertiary/aromatic N) is 3. The Morgan fingerprint density at radius 3 is 2.48 bits per heavy atom. The van der Waals surface area contributed by atoms with Crippen LogP contribution in [-0.2, 0) is 0 Å². The van der Waals surface area contributed by atoms with Crippen molar-refractivity contribution in [1.29, 1.82) is 0 Å². The fraction of sp³-hybridized carbons (Fsp3) is 0.300. The van der Waals surface area contributed by atoms with Crippen molar-refractivity contribution in [3.05, 3.63) is 60.6 Å². The molecule has 5 nitrogen and oxygen atoms in total. The largest absolute Gasteiger partial charge is 0.573 e. The molecular weight excluding hydrogens is 388 g/mol. The maximum absolute atomic E-state index is 14.0. The second kappa shape index (κ2) is 7.73. The van der Waals surface area contributed by atoms with Crippen molar-refractivity contribution < 1.29 is 22.3 Å². The van der Waals surface area contributed by atoms with Gasteiger partial charge in [-0.3, -0.25) is 4.98 Å². The molecule has 0 saturated carbocycles. The summed E-state index contributed by atoms with van der Waals surface area (Å²) in [6.45, 7) is 1.67. The first-order chi connectivity index (χ1) is 13.9. The van der Waals surface area contributed by atoms with Crippen molar-refractivity contribution in [2.24, 2.45) is 0 Å². The molecule has 1 aliphatic rings. The van der Waals surface area contributed by atoms with E-state index in [2.05, 4.69) is 24.6 Å². The molecule has 0 spiro atoms. The van der Waals surface area contributed by atoms with Crippen LogP contribution in [0.4, 0.5) is 23.2 Å². The molecule has 1 aliphatic heterocycles. The average molecular weight is 406 g/mol. The molecule has 4 rings (SSSR count). The second-order valence-electron chi connectivity index (χ2n) is 6.83. The first kappa shape index (κ1) is 19.2. The maximum atomic E-state index is 14.0. The minimum absolute atomic E-state index is 0.379. The van der Waals surface area contributed by atoms with Crippen LogP contribution in [0.15, 0.2) is 48.9 Å². The number of pyridine rings is 1. The van der Waals surface area contributed by atoms with Gasteiger partial charge in [-0.2, -0.15) is 0 Å². The number of rotatable bonds is 4. The van der Waals surface area contributed by atoms with E-state index in [4.69, 9.17) is 0 Å². The van der Waals surface area contributed by atoms with E-state index in [1.807, 2.05) is 18.3 Å². The SMILES string of the molecule is Fc1cc(-c2cc(N3CCC(c4ncc[nH]4)CC3)ccn2)ccc1OC(F)(F)F. The van der Waals surface area contributed by atoms with Crippen molar-refractivity contribution in [3.63, 3.8) is 0 Å². The minimum Gasteiger partial charge on any atom is -0.403 e. The van der Waals surface area contributed by atoms with Crippen LogP contribution in [-0.4, -0.2) is 34.4 Å². The van der Waals surface area contributed by atoms with Gasteiger partial charge in [0.15, 0.2) is 11.6 Å². The minimum atomic E-state index is -4.94. The van der Waals surface area contributed by atoms with Gasteiger partial charge in [0.05, 0.1) is 5.69 Å². The molecule has 9 heteroatoms. The van der Waals surface area contributed by atoms with Gasteiger partial charge in [-0.05, 0) is 43.2 Å². The molecule has 152 valence electrons. The Morgan fingerprint density at radius 1 is 1.03 bits per heavy atom. The quantitative estimate of drug-likeness (QED) is 0.627. The third-order valence-electron chi connectivity index (χ3n) is 4.96. The van der Waals surface area contributed by atoms with Crippen molar-refractivity contribution in [2.75, 3.05) is 18.0 Å². The molecule has 29 heavy (non-hydrogen) atoms. The summed E-state index contributed by atoms with van der Waals surface area (Å²) in [5, 5.41) is 0. The van der Waals surface area contributed by atoms with E-state index in [0.717, 1.165) is 49.6 Å². The molecule has 0 unspecified atom stereocenters. The zero-order valence-electron chi connectivity index (χ0n) is 15.3. The number of piperidine rings is 1. The number of hydrogen-bond acceptors (Lipinski definition) is 4. The molecule has 2 aromatic heterocycles. The fourth-order valence-corrected chi connectivity index (χ4v) is 3.55. The van der Waals surface area contributed by atoms with Crippen molar-refractivity contribution in [3.8, 4) is 17.0 Å². The van der Waals surface area contributed by atoms with E-state index in [-0.39, 0.29) is 0 Å². The lowest BCUT2D eigenvalue weighted by Crippen LogP contribution is -2.33. The molecule has 1 fully saturated rings. The molecule has 0 amide bonds. The Balaban J connectivity index is 1.49. The third kappa shape index (κ3) is 4.49. The number of anilines is 1. The van der Waals surface area contributed by atoms with Crippen molar-refractivity contribution >= 4 is 5.69 Å². The first-order valence-electron chi connectivity index (χ1n) is 9.15. The zero-order chi connectivity index (χ0) is 20.4. The van der Waals surface area contributed by atoms with Gasteiger partial charge >= 0.3 is 6.36 Å². The normalized spacial score (nSPS) is 15.5. The van der Waals surface area contributed by atoms with Gasteiger partial charge in [0.25, 0.3) is 0 Å². The molecule has 1 N–H and O–H groups in total. The second-order valence-corrected chi connectivity index (χ2v) is 6.83. The summed E-state index contributed by atoms with van der Waals surface area (Å²) in [6.07, 6.45) is 2.14. The number of halogens is 4. The highest BCUT2D eigenvalue weighted by molar-refractivity contribution is 5.65. The number of aromatic amines is 1. The number of nitrogens with one attached hydrogen (secondary N) is 1. The molecular formula is C20H18F4N4O. The van der Waals surface area contributed by atoms with Crippen LogP contribution in [0.3, 0.4) is 0 Å². The monoisotopic (exact) mass is 406 g/mol. The molecule has 0 bridgehead atoms. The van der Waals surface area contributed by atoms with Gasteiger partial charge in [0, 0.05) is 48.8 Å². The molecule has 0 radical (unpaired) electrons. The van der Waals surface area contributed by atoms with E-state index in [1.165, 1.54) is 6.07 Å². The summed E-state index contributed by atoms with van der Waals surface area (Å²) in [5.41, 5.74) is 1.79. The smallest absolute Gasteiger partial charge is 0.403 e. The summed E-state index contributed by atoms with van der Waals surface area (Å²) in [7, 11) is 0. The number of aromatic nitrogens is 3. The van der Waals surface area contributed by atoms with E-state index < -0.39 is 17.9 Å². The lowest BCUT2D eigenvalue weighted by atomic mass is 9.95. The number of benzene rings is 1. The summed E-state index contributed by atoms with van der Waals surface area (Å²) < 4.78 is 54.6. The summed E-state index contributed by atoms with van der Waals surface area (Å²) in [6, 6.07) is 7.00. The summed E-state index contributed by atoms with van der Waals surface area (Å²) in [4.78, 5) is 13.9. The van der Waals surface area contributed by atoms with Crippen molar-refractivity contribution in [2.45, 2.75) is 25.1 Å². The maximum Gasteiger partial charge on any atom is 0.573 e. The number of ether oxygens (including phenoxy) is 1. The van der Waals surface area contributed by atoms with Crippen LogP contribution in [0, 0.1) is 5.82 Å². The highest BCUT2D eigenvalue weighted by atomic mass is 19.4. The topological polar surface area (TPSA) is 54.0 Å². The van der Waals surface area contributed by atoms with Gasteiger partial charge in [0.1, 0.15) is 5.82 Å². The molecule has 1 aromatic carbocycles. The molecule has 3 heterocycles.